The molecule has 108 valence electrons. The van der Waals surface area contributed by atoms with Crippen molar-refractivity contribution in [2.45, 2.75) is 13.0 Å². The Balaban J connectivity index is 1.80. The Kier molecular flexibility index (Phi) is 5.06. The average molecular weight is 277 g/mol. The van der Waals surface area contributed by atoms with Crippen LogP contribution in [0.3, 0.4) is 0 Å². The Bertz CT molecular complexity index is 464. The van der Waals surface area contributed by atoms with Crippen LogP contribution in [-0.2, 0) is 20.9 Å². The summed E-state index contributed by atoms with van der Waals surface area (Å²) in [6, 6.07) is 5.56. The molecule has 6 heteroatoms. The molecule has 1 saturated heterocycles. The predicted molar refractivity (Wildman–Crippen MR) is 72.6 cm³/mol. The molecular weight excluding hydrogens is 258 g/mol. The van der Waals surface area contributed by atoms with Crippen LogP contribution in [0.2, 0.25) is 0 Å². The third-order valence-corrected chi connectivity index (χ3v) is 3.32. The normalized spacial score (nSPS) is 18.4. The highest BCUT2D eigenvalue weighted by molar-refractivity contribution is 5.89. The van der Waals surface area contributed by atoms with Crippen LogP contribution in [-0.4, -0.2) is 48.5 Å². The highest BCUT2D eigenvalue weighted by Gasteiger charge is 2.33. The van der Waals surface area contributed by atoms with Gasteiger partial charge in [0, 0.05) is 32.8 Å². The first kappa shape index (κ1) is 14.5. The molecule has 0 spiro atoms. The Morgan fingerprint density at radius 2 is 2.40 bits per heavy atom. The summed E-state index contributed by atoms with van der Waals surface area (Å²) >= 11 is 0. The lowest BCUT2D eigenvalue weighted by Crippen LogP contribution is -2.33. The second-order valence-electron chi connectivity index (χ2n) is 4.77. The third kappa shape index (κ3) is 3.77. The van der Waals surface area contributed by atoms with Gasteiger partial charge in [-0.15, -0.1) is 0 Å². The summed E-state index contributed by atoms with van der Waals surface area (Å²) in [4.78, 5) is 29.6. The fraction of sp³-hybridized carbons (Fsp3) is 0.500. The number of hydrogen-bond donors (Lipinski definition) is 1. The molecule has 2 amide bonds. The van der Waals surface area contributed by atoms with E-state index in [1.807, 2.05) is 18.2 Å². The Hall–Kier alpha value is -1.95. The van der Waals surface area contributed by atoms with Gasteiger partial charge in [0.2, 0.25) is 11.8 Å². The molecule has 2 heterocycles. The first-order valence-electron chi connectivity index (χ1n) is 6.65. The summed E-state index contributed by atoms with van der Waals surface area (Å²) in [6.07, 6.45) is 1.96. The lowest BCUT2D eigenvalue weighted by Gasteiger charge is -2.15. The zero-order valence-corrected chi connectivity index (χ0v) is 11.5. The van der Waals surface area contributed by atoms with Crippen molar-refractivity contribution in [3.05, 3.63) is 30.1 Å². The summed E-state index contributed by atoms with van der Waals surface area (Å²) in [6.45, 7) is 1.89. The van der Waals surface area contributed by atoms with E-state index in [1.165, 1.54) is 0 Å². The second-order valence-corrected chi connectivity index (χ2v) is 4.77. The SMILES string of the molecule is COCCN1CC(C(=O)NCc2ccccn2)CC1=O. The van der Waals surface area contributed by atoms with E-state index in [0.29, 0.717) is 26.2 Å². The monoisotopic (exact) mass is 277 g/mol. The van der Waals surface area contributed by atoms with Crippen LogP contribution in [0.5, 0.6) is 0 Å². The third-order valence-electron chi connectivity index (χ3n) is 3.32. The molecule has 0 aliphatic carbocycles. The van der Waals surface area contributed by atoms with Crippen molar-refractivity contribution in [2.24, 2.45) is 5.92 Å². The molecule has 0 aromatic carbocycles. The molecule has 1 N–H and O–H groups in total. The van der Waals surface area contributed by atoms with Gasteiger partial charge in [0.25, 0.3) is 0 Å². The average Bonchev–Trinajstić information content (AvgIpc) is 2.85. The van der Waals surface area contributed by atoms with E-state index >= 15 is 0 Å². The smallest absolute Gasteiger partial charge is 0.225 e. The van der Waals surface area contributed by atoms with Crippen LogP contribution in [0, 0.1) is 5.92 Å². The molecule has 0 bridgehead atoms. The summed E-state index contributed by atoms with van der Waals surface area (Å²) < 4.78 is 4.95. The van der Waals surface area contributed by atoms with Crippen molar-refractivity contribution in [1.82, 2.24) is 15.2 Å². The number of carbonyl (C=O) groups excluding carboxylic acids is 2. The summed E-state index contributed by atoms with van der Waals surface area (Å²) in [5.41, 5.74) is 0.807. The van der Waals surface area contributed by atoms with Crippen molar-refractivity contribution >= 4 is 11.8 Å². The van der Waals surface area contributed by atoms with Gasteiger partial charge in [-0.3, -0.25) is 14.6 Å². The Morgan fingerprint density at radius 1 is 1.55 bits per heavy atom. The number of aromatic nitrogens is 1. The van der Waals surface area contributed by atoms with E-state index in [0.717, 1.165) is 5.69 Å². The highest BCUT2D eigenvalue weighted by atomic mass is 16.5. The van der Waals surface area contributed by atoms with Gasteiger partial charge in [-0.25, -0.2) is 0 Å². The van der Waals surface area contributed by atoms with E-state index in [-0.39, 0.29) is 24.2 Å². The van der Waals surface area contributed by atoms with Crippen LogP contribution >= 0.6 is 0 Å². The largest absolute Gasteiger partial charge is 0.383 e. The van der Waals surface area contributed by atoms with E-state index < -0.39 is 0 Å². The Morgan fingerprint density at radius 3 is 3.10 bits per heavy atom. The molecule has 1 aromatic heterocycles. The van der Waals surface area contributed by atoms with Gasteiger partial charge in [0.1, 0.15) is 0 Å². The van der Waals surface area contributed by atoms with Gasteiger partial charge in [0.15, 0.2) is 0 Å². The van der Waals surface area contributed by atoms with Crippen LogP contribution in [0.15, 0.2) is 24.4 Å². The van der Waals surface area contributed by atoms with Crippen LogP contribution < -0.4 is 5.32 Å². The molecule has 1 atom stereocenters. The molecule has 1 fully saturated rings. The fourth-order valence-corrected chi connectivity index (χ4v) is 2.19. The maximum atomic E-state index is 12.0. The van der Waals surface area contributed by atoms with Crippen molar-refractivity contribution in [3.8, 4) is 0 Å². The minimum absolute atomic E-state index is 0.0139. The summed E-state index contributed by atoms with van der Waals surface area (Å²) in [5.74, 6) is -0.355. The standard InChI is InChI=1S/C14H19N3O3/c1-20-7-6-17-10-11(8-13(17)18)14(19)16-9-12-4-2-3-5-15-12/h2-5,11H,6-10H2,1H3,(H,16,19). The molecule has 6 nitrogen and oxygen atoms in total. The number of rotatable bonds is 6. The summed E-state index contributed by atoms with van der Waals surface area (Å²) in [7, 11) is 1.59. The number of nitrogens with one attached hydrogen (secondary N) is 1. The summed E-state index contributed by atoms with van der Waals surface area (Å²) in [5, 5.41) is 2.83. The van der Waals surface area contributed by atoms with Crippen molar-refractivity contribution in [2.75, 3.05) is 26.8 Å². The molecule has 0 saturated carbocycles. The minimum Gasteiger partial charge on any atom is -0.383 e. The maximum absolute atomic E-state index is 12.0. The molecule has 1 unspecified atom stereocenters. The number of ether oxygens (including phenoxy) is 1. The number of amides is 2. The van der Waals surface area contributed by atoms with Gasteiger partial charge in [0.05, 0.1) is 24.8 Å². The zero-order valence-electron chi connectivity index (χ0n) is 11.5. The van der Waals surface area contributed by atoms with E-state index in [4.69, 9.17) is 4.74 Å². The topological polar surface area (TPSA) is 71.5 Å². The lowest BCUT2D eigenvalue weighted by atomic mass is 10.1. The maximum Gasteiger partial charge on any atom is 0.225 e. The van der Waals surface area contributed by atoms with Crippen molar-refractivity contribution < 1.29 is 14.3 Å². The zero-order chi connectivity index (χ0) is 14.4. The Labute approximate surface area is 118 Å². The quantitative estimate of drug-likeness (QED) is 0.806. The predicted octanol–water partition coefficient (Wildman–Crippen LogP) is 0.193. The van der Waals surface area contributed by atoms with Crippen LogP contribution in [0.25, 0.3) is 0 Å². The van der Waals surface area contributed by atoms with E-state index in [9.17, 15) is 9.59 Å². The van der Waals surface area contributed by atoms with E-state index in [2.05, 4.69) is 10.3 Å². The highest BCUT2D eigenvalue weighted by Crippen LogP contribution is 2.17. The molecule has 20 heavy (non-hydrogen) atoms. The number of hydrogen-bond acceptors (Lipinski definition) is 4. The molecule has 1 aliphatic heterocycles. The number of carbonyl (C=O) groups is 2. The van der Waals surface area contributed by atoms with Crippen LogP contribution in [0.4, 0.5) is 0 Å². The van der Waals surface area contributed by atoms with Crippen LogP contribution in [0.1, 0.15) is 12.1 Å². The second kappa shape index (κ2) is 7.00. The fourth-order valence-electron chi connectivity index (χ4n) is 2.19. The number of pyridine rings is 1. The van der Waals surface area contributed by atoms with Crippen molar-refractivity contribution in [3.63, 3.8) is 0 Å². The first-order valence-corrected chi connectivity index (χ1v) is 6.65. The van der Waals surface area contributed by atoms with Gasteiger partial charge in [-0.2, -0.15) is 0 Å². The lowest BCUT2D eigenvalue weighted by molar-refractivity contribution is -0.129. The van der Waals surface area contributed by atoms with Crippen molar-refractivity contribution in [1.29, 1.82) is 0 Å². The van der Waals surface area contributed by atoms with E-state index in [1.54, 1.807) is 18.2 Å². The van der Waals surface area contributed by atoms with Gasteiger partial charge in [-0.05, 0) is 12.1 Å². The molecule has 1 aromatic rings. The first-order chi connectivity index (χ1) is 9.70. The number of methoxy groups -OCH3 is 1. The molecule has 1 aliphatic rings. The molecule has 0 radical (unpaired) electrons. The van der Waals surface area contributed by atoms with Gasteiger partial charge >= 0.3 is 0 Å². The molecular formula is C14H19N3O3. The molecule has 2 rings (SSSR count). The van der Waals surface area contributed by atoms with Gasteiger partial charge in [-0.1, -0.05) is 6.07 Å². The minimum atomic E-state index is -0.275. The van der Waals surface area contributed by atoms with Gasteiger partial charge < -0.3 is 15.0 Å². The number of likely N-dealkylation sites (tertiary alicyclic amines) is 1. The number of nitrogens with zero attached hydrogens (tertiary/aromatic N) is 2.